The van der Waals surface area contributed by atoms with Gasteiger partial charge in [-0.3, -0.25) is 19.6 Å². The predicted molar refractivity (Wildman–Crippen MR) is 105 cm³/mol. The van der Waals surface area contributed by atoms with E-state index in [9.17, 15) is 14.9 Å². The minimum absolute atomic E-state index is 0.00132. The third-order valence-corrected chi connectivity index (χ3v) is 5.03. The Balaban J connectivity index is 1.65. The third-order valence-electron chi connectivity index (χ3n) is 5.03. The summed E-state index contributed by atoms with van der Waals surface area (Å²) in [6.07, 6.45) is 4.82. The first-order valence-electron chi connectivity index (χ1n) is 9.29. The lowest BCUT2D eigenvalue weighted by Gasteiger charge is -2.23. The van der Waals surface area contributed by atoms with Crippen molar-refractivity contribution in [2.24, 2.45) is 0 Å². The van der Waals surface area contributed by atoms with Crippen molar-refractivity contribution < 1.29 is 14.1 Å². The van der Waals surface area contributed by atoms with E-state index in [-0.39, 0.29) is 24.3 Å². The molecule has 0 aliphatic carbocycles. The Kier molecular flexibility index (Phi) is 5.81. The number of amides is 1. The lowest BCUT2D eigenvalue weighted by molar-refractivity contribution is -0.386. The van der Waals surface area contributed by atoms with Gasteiger partial charge in [-0.15, -0.1) is 0 Å². The van der Waals surface area contributed by atoms with Gasteiger partial charge in [0, 0.05) is 25.7 Å². The van der Waals surface area contributed by atoms with Crippen molar-refractivity contribution in [1.82, 2.24) is 24.5 Å². The highest BCUT2D eigenvalue weighted by atomic mass is 16.6. The number of hydrogen-bond donors (Lipinski definition) is 0. The van der Waals surface area contributed by atoms with Crippen LogP contribution in [-0.4, -0.2) is 48.4 Å². The van der Waals surface area contributed by atoms with E-state index < -0.39 is 4.92 Å². The standard InChI is InChI=1S/C19H24N6O4/c1-13(7-8-16-6-5-11-29-16)22(4)19(26)17-9-10-23(21-17)12-24-15(3)18(25(27)28)14(2)20-24/h5-6,9-11,13H,7-8,12H2,1-4H3. The number of hydrogen-bond acceptors (Lipinski definition) is 6. The van der Waals surface area contributed by atoms with E-state index in [0.29, 0.717) is 17.1 Å². The van der Waals surface area contributed by atoms with E-state index in [1.807, 2.05) is 19.1 Å². The lowest BCUT2D eigenvalue weighted by Crippen LogP contribution is -2.35. The van der Waals surface area contributed by atoms with Crippen molar-refractivity contribution >= 4 is 11.6 Å². The first-order valence-corrected chi connectivity index (χ1v) is 9.29. The predicted octanol–water partition coefficient (Wildman–Crippen LogP) is 2.80. The topological polar surface area (TPSA) is 112 Å². The summed E-state index contributed by atoms with van der Waals surface area (Å²) in [5.74, 6) is 0.705. The lowest BCUT2D eigenvalue weighted by atomic mass is 10.1. The summed E-state index contributed by atoms with van der Waals surface area (Å²) >= 11 is 0. The van der Waals surface area contributed by atoms with Crippen LogP contribution in [0, 0.1) is 24.0 Å². The Labute approximate surface area is 167 Å². The zero-order chi connectivity index (χ0) is 21.1. The molecule has 1 atom stereocenters. The normalized spacial score (nSPS) is 12.1. The van der Waals surface area contributed by atoms with Crippen LogP contribution in [0.4, 0.5) is 5.69 Å². The molecule has 1 amide bonds. The molecular formula is C19H24N6O4. The first kappa shape index (κ1) is 20.3. The van der Waals surface area contributed by atoms with Gasteiger partial charge in [0.05, 0.1) is 11.2 Å². The molecule has 29 heavy (non-hydrogen) atoms. The highest BCUT2D eigenvalue weighted by molar-refractivity contribution is 5.92. The van der Waals surface area contributed by atoms with Gasteiger partial charge >= 0.3 is 5.69 Å². The van der Waals surface area contributed by atoms with Crippen LogP contribution >= 0.6 is 0 Å². The second kappa shape index (κ2) is 8.29. The summed E-state index contributed by atoms with van der Waals surface area (Å²) in [4.78, 5) is 25.1. The molecule has 10 nitrogen and oxygen atoms in total. The monoisotopic (exact) mass is 400 g/mol. The van der Waals surface area contributed by atoms with Crippen LogP contribution in [0.2, 0.25) is 0 Å². The Bertz CT molecular complexity index is 1000. The Morgan fingerprint density at radius 1 is 1.34 bits per heavy atom. The quantitative estimate of drug-likeness (QED) is 0.424. The zero-order valence-electron chi connectivity index (χ0n) is 16.9. The molecule has 3 aromatic rings. The molecule has 1 unspecified atom stereocenters. The number of carbonyl (C=O) groups excluding carboxylic acids is 1. The highest BCUT2D eigenvalue weighted by Gasteiger charge is 2.23. The van der Waals surface area contributed by atoms with Crippen LogP contribution in [0.25, 0.3) is 0 Å². The Morgan fingerprint density at radius 3 is 2.72 bits per heavy atom. The molecule has 0 spiro atoms. The van der Waals surface area contributed by atoms with E-state index in [1.54, 1.807) is 44.3 Å². The average Bonchev–Trinajstić information content (AvgIpc) is 3.40. The van der Waals surface area contributed by atoms with Gasteiger partial charge in [-0.25, -0.2) is 4.68 Å². The highest BCUT2D eigenvalue weighted by Crippen LogP contribution is 2.21. The first-order chi connectivity index (χ1) is 13.8. The summed E-state index contributed by atoms with van der Waals surface area (Å²) in [5, 5.41) is 19.7. The summed E-state index contributed by atoms with van der Waals surface area (Å²) in [7, 11) is 1.75. The Hall–Kier alpha value is -3.43. The number of carbonyl (C=O) groups is 1. The van der Waals surface area contributed by atoms with E-state index in [1.165, 1.54) is 9.36 Å². The Morgan fingerprint density at radius 2 is 2.10 bits per heavy atom. The van der Waals surface area contributed by atoms with E-state index in [0.717, 1.165) is 18.6 Å². The summed E-state index contributed by atoms with van der Waals surface area (Å²) < 4.78 is 8.38. The number of aryl methyl sites for hydroxylation is 2. The van der Waals surface area contributed by atoms with Gasteiger partial charge in [0.25, 0.3) is 5.91 Å². The molecule has 0 saturated heterocycles. The molecule has 10 heteroatoms. The zero-order valence-corrected chi connectivity index (χ0v) is 16.9. The fourth-order valence-corrected chi connectivity index (χ4v) is 3.16. The van der Waals surface area contributed by atoms with Crippen molar-refractivity contribution in [1.29, 1.82) is 0 Å². The number of aromatic nitrogens is 4. The maximum absolute atomic E-state index is 12.7. The SMILES string of the molecule is Cc1nn(Cn2ccc(C(=O)N(C)C(C)CCc3ccco3)n2)c(C)c1[N+](=O)[O-]. The summed E-state index contributed by atoms with van der Waals surface area (Å²) in [6.45, 7) is 5.40. The molecule has 0 radical (unpaired) electrons. The van der Waals surface area contributed by atoms with E-state index in [2.05, 4.69) is 10.2 Å². The smallest absolute Gasteiger partial charge is 0.312 e. The molecule has 0 fully saturated rings. The average molecular weight is 400 g/mol. The molecule has 154 valence electrons. The second-order valence-electron chi connectivity index (χ2n) is 7.04. The fraction of sp³-hybridized carbons (Fsp3) is 0.421. The molecule has 0 bridgehead atoms. The van der Waals surface area contributed by atoms with Crippen molar-refractivity contribution in [2.75, 3.05) is 7.05 Å². The third kappa shape index (κ3) is 4.36. The molecule has 0 N–H and O–H groups in total. The maximum atomic E-state index is 12.7. The van der Waals surface area contributed by atoms with Crippen LogP contribution in [0.5, 0.6) is 0 Å². The van der Waals surface area contributed by atoms with Gasteiger partial charge < -0.3 is 9.32 Å². The van der Waals surface area contributed by atoms with Gasteiger partial charge in [0.2, 0.25) is 0 Å². The van der Waals surface area contributed by atoms with Crippen LogP contribution in [0.3, 0.4) is 0 Å². The minimum Gasteiger partial charge on any atom is -0.469 e. The van der Waals surface area contributed by atoms with Gasteiger partial charge in [-0.05, 0) is 45.4 Å². The van der Waals surface area contributed by atoms with Gasteiger partial charge in [-0.2, -0.15) is 10.2 Å². The molecule has 3 heterocycles. The van der Waals surface area contributed by atoms with Crippen molar-refractivity contribution in [2.45, 2.75) is 46.3 Å². The fourth-order valence-electron chi connectivity index (χ4n) is 3.16. The molecule has 3 rings (SSSR count). The second-order valence-corrected chi connectivity index (χ2v) is 7.04. The molecule has 0 aromatic carbocycles. The number of nitrogens with zero attached hydrogens (tertiary/aromatic N) is 6. The van der Waals surface area contributed by atoms with Crippen molar-refractivity contribution in [3.05, 3.63) is 63.6 Å². The number of rotatable bonds is 8. The van der Waals surface area contributed by atoms with Crippen molar-refractivity contribution in [3.8, 4) is 0 Å². The number of nitro groups is 1. The maximum Gasteiger partial charge on any atom is 0.312 e. The molecule has 0 aliphatic rings. The number of furan rings is 1. The van der Waals surface area contributed by atoms with E-state index >= 15 is 0 Å². The minimum atomic E-state index is -0.439. The van der Waals surface area contributed by atoms with Gasteiger partial charge in [-0.1, -0.05) is 0 Å². The summed E-state index contributed by atoms with van der Waals surface area (Å²) in [6, 6.07) is 5.41. The van der Waals surface area contributed by atoms with Crippen LogP contribution < -0.4 is 0 Å². The van der Waals surface area contributed by atoms with Crippen molar-refractivity contribution in [3.63, 3.8) is 0 Å². The molecular weight excluding hydrogens is 376 g/mol. The van der Waals surface area contributed by atoms with Gasteiger partial charge in [0.1, 0.15) is 29.5 Å². The molecule has 0 aliphatic heterocycles. The van der Waals surface area contributed by atoms with Crippen LogP contribution in [0.15, 0.2) is 35.1 Å². The van der Waals surface area contributed by atoms with Crippen LogP contribution in [-0.2, 0) is 13.1 Å². The van der Waals surface area contributed by atoms with Crippen LogP contribution in [0.1, 0.15) is 41.0 Å². The molecule has 3 aromatic heterocycles. The molecule has 0 saturated carbocycles. The largest absolute Gasteiger partial charge is 0.469 e. The summed E-state index contributed by atoms with van der Waals surface area (Å²) in [5.41, 5.74) is 1.10. The van der Waals surface area contributed by atoms with Gasteiger partial charge in [0.15, 0.2) is 0 Å². The van der Waals surface area contributed by atoms with E-state index in [4.69, 9.17) is 4.42 Å².